The van der Waals surface area contributed by atoms with Gasteiger partial charge in [-0.1, -0.05) is 26.8 Å². The van der Waals surface area contributed by atoms with Gasteiger partial charge in [0.25, 0.3) is 0 Å². The van der Waals surface area contributed by atoms with Gasteiger partial charge < -0.3 is 10.1 Å². The standard InChI is InChI=1S/C16H25NO/c1-6-17-15(14-10-16(14,3)4)13-8-7-12(18-5)9-11(13)2/h7-9,14-15,17H,6,10H2,1-5H3. The lowest BCUT2D eigenvalue weighted by Crippen LogP contribution is -2.25. The molecule has 1 aromatic carbocycles. The van der Waals surface area contributed by atoms with Crippen LogP contribution in [0.3, 0.4) is 0 Å². The summed E-state index contributed by atoms with van der Waals surface area (Å²) in [4.78, 5) is 0. The summed E-state index contributed by atoms with van der Waals surface area (Å²) in [6, 6.07) is 6.91. The van der Waals surface area contributed by atoms with E-state index in [2.05, 4.69) is 51.2 Å². The first-order chi connectivity index (χ1) is 8.49. The third-order valence-corrected chi connectivity index (χ3v) is 4.23. The SMILES string of the molecule is CCNC(c1ccc(OC)cc1C)C1CC1(C)C. The van der Waals surface area contributed by atoms with Crippen molar-refractivity contribution < 1.29 is 4.74 Å². The molecule has 1 aliphatic carbocycles. The summed E-state index contributed by atoms with van der Waals surface area (Å²) in [6.07, 6.45) is 1.32. The van der Waals surface area contributed by atoms with Crippen molar-refractivity contribution in [1.82, 2.24) is 5.32 Å². The van der Waals surface area contributed by atoms with E-state index in [9.17, 15) is 0 Å². The minimum atomic E-state index is 0.482. The van der Waals surface area contributed by atoms with Crippen LogP contribution in [0.4, 0.5) is 0 Å². The molecule has 0 bridgehead atoms. The molecule has 0 saturated heterocycles. The number of methoxy groups -OCH3 is 1. The van der Waals surface area contributed by atoms with Crippen molar-refractivity contribution in [3.05, 3.63) is 29.3 Å². The van der Waals surface area contributed by atoms with Gasteiger partial charge in [0, 0.05) is 6.04 Å². The van der Waals surface area contributed by atoms with Gasteiger partial charge in [-0.25, -0.2) is 0 Å². The van der Waals surface area contributed by atoms with Gasteiger partial charge in [-0.15, -0.1) is 0 Å². The fraction of sp³-hybridized carbons (Fsp3) is 0.625. The van der Waals surface area contributed by atoms with Crippen LogP contribution < -0.4 is 10.1 Å². The highest BCUT2D eigenvalue weighted by Gasteiger charge is 2.50. The summed E-state index contributed by atoms with van der Waals surface area (Å²) < 4.78 is 5.29. The zero-order chi connectivity index (χ0) is 13.3. The first-order valence-corrected chi connectivity index (χ1v) is 6.87. The highest BCUT2D eigenvalue weighted by Crippen LogP contribution is 2.58. The second-order valence-corrected chi connectivity index (χ2v) is 6.06. The van der Waals surface area contributed by atoms with Crippen molar-refractivity contribution in [2.24, 2.45) is 11.3 Å². The Morgan fingerprint density at radius 1 is 1.44 bits per heavy atom. The lowest BCUT2D eigenvalue weighted by molar-refractivity contribution is 0.409. The summed E-state index contributed by atoms with van der Waals surface area (Å²) in [7, 11) is 1.72. The van der Waals surface area contributed by atoms with Gasteiger partial charge in [0.05, 0.1) is 7.11 Å². The van der Waals surface area contributed by atoms with E-state index in [4.69, 9.17) is 4.74 Å². The number of nitrogens with one attached hydrogen (secondary N) is 1. The van der Waals surface area contributed by atoms with Crippen molar-refractivity contribution in [1.29, 1.82) is 0 Å². The van der Waals surface area contributed by atoms with Crippen LogP contribution in [0.1, 0.15) is 44.4 Å². The average Bonchev–Trinajstić information content (AvgIpc) is 2.95. The van der Waals surface area contributed by atoms with Crippen LogP contribution in [-0.2, 0) is 0 Å². The van der Waals surface area contributed by atoms with Crippen molar-refractivity contribution >= 4 is 0 Å². The van der Waals surface area contributed by atoms with Crippen molar-refractivity contribution in [2.75, 3.05) is 13.7 Å². The monoisotopic (exact) mass is 247 g/mol. The first kappa shape index (κ1) is 13.4. The van der Waals surface area contributed by atoms with E-state index in [1.54, 1.807) is 7.11 Å². The minimum Gasteiger partial charge on any atom is -0.497 e. The van der Waals surface area contributed by atoms with Crippen LogP contribution in [0.15, 0.2) is 18.2 Å². The Morgan fingerprint density at radius 3 is 2.56 bits per heavy atom. The summed E-state index contributed by atoms with van der Waals surface area (Å²) in [5.41, 5.74) is 3.23. The van der Waals surface area contributed by atoms with Crippen LogP contribution in [0.2, 0.25) is 0 Å². The maximum atomic E-state index is 5.29. The van der Waals surface area contributed by atoms with E-state index < -0.39 is 0 Å². The molecule has 0 radical (unpaired) electrons. The van der Waals surface area contributed by atoms with Gasteiger partial charge in [-0.05, 0) is 54.5 Å². The molecule has 1 saturated carbocycles. The fourth-order valence-corrected chi connectivity index (χ4v) is 2.89. The molecule has 2 atom stereocenters. The zero-order valence-electron chi connectivity index (χ0n) is 12.2. The Hall–Kier alpha value is -1.02. The van der Waals surface area contributed by atoms with E-state index in [0.717, 1.165) is 18.2 Å². The molecule has 2 unspecified atom stereocenters. The molecule has 1 aliphatic rings. The molecule has 2 heteroatoms. The van der Waals surface area contributed by atoms with Crippen LogP contribution in [0.5, 0.6) is 5.75 Å². The molecule has 0 aromatic heterocycles. The van der Waals surface area contributed by atoms with Crippen LogP contribution in [0, 0.1) is 18.3 Å². The molecule has 2 nitrogen and oxygen atoms in total. The predicted molar refractivity (Wildman–Crippen MR) is 76.0 cm³/mol. The highest BCUT2D eigenvalue weighted by molar-refractivity contribution is 5.38. The molecule has 0 spiro atoms. The normalized spacial score (nSPS) is 22.6. The quantitative estimate of drug-likeness (QED) is 0.856. The largest absolute Gasteiger partial charge is 0.497 e. The van der Waals surface area contributed by atoms with Gasteiger partial charge in [-0.2, -0.15) is 0 Å². The van der Waals surface area contributed by atoms with Crippen molar-refractivity contribution in [3.63, 3.8) is 0 Å². The average molecular weight is 247 g/mol. The Balaban J connectivity index is 2.26. The smallest absolute Gasteiger partial charge is 0.119 e. The zero-order valence-corrected chi connectivity index (χ0v) is 12.2. The molecular formula is C16H25NO. The van der Waals surface area contributed by atoms with Crippen molar-refractivity contribution in [3.8, 4) is 5.75 Å². The number of ether oxygens (including phenoxy) is 1. The van der Waals surface area contributed by atoms with E-state index in [1.807, 2.05) is 0 Å². The Labute approximate surface area is 111 Å². The van der Waals surface area contributed by atoms with Crippen molar-refractivity contribution in [2.45, 2.75) is 40.2 Å². The molecule has 1 fully saturated rings. The lowest BCUT2D eigenvalue weighted by Gasteiger charge is -2.22. The number of benzene rings is 1. The van der Waals surface area contributed by atoms with Crippen LogP contribution in [0.25, 0.3) is 0 Å². The van der Waals surface area contributed by atoms with Gasteiger partial charge >= 0.3 is 0 Å². The predicted octanol–water partition coefficient (Wildman–Crippen LogP) is 3.70. The third kappa shape index (κ3) is 2.54. The lowest BCUT2D eigenvalue weighted by atomic mass is 9.93. The van der Waals surface area contributed by atoms with E-state index in [0.29, 0.717) is 11.5 Å². The Kier molecular flexibility index (Phi) is 3.67. The molecule has 18 heavy (non-hydrogen) atoms. The van der Waals surface area contributed by atoms with E-state index in [-0.39, 0.29) is 0 Å². The van der Waals surface area contributed by atoms with Gasteiger partial charge in [0.15, 0.2) is 0 Å². The summed E-state index contributed by atoms with van der Waals surface area (Å²) in [5.74, 6) is 1.70. The number of aryl methyl sites for hydroxylation is 1. The second-order valence-electron chi connectivity index (χ2n) is 6.06. The second kappa shape index (κ2) is 4.93. The van der Waals surface area contributed by atoms with Gasteiger partial charge in [-0.3, -0.25) is 0 Å². The third-order valence-electron chi connectivity index (χ3n) is 4.23. The number of hydrogen-bond acceptors (Lipinski definition) is 2. The molecule has 1 N–H and O–H groups in total. The first-order valence-electron chi connectivity index (χ1n) is 6.87. The van der Waals surface area contributed by atoms with Gasteiger partial charge in [0.1, 0.15) is 5.75 Å². The fourth-order valence-electron chi connectivity index (χ4n) is 2.89. The molecule has 1 aromatic rings. The topological polar surface area (TPSA) is 21.3 Å². The van der Waals surface area contributed by atoms with E-state index >= 15 is 0 Å². The minimum absolute atomic E-state index is 0.482. The number of hydrogen-bond donors (Lipinski definition) is 1. The highest BCUT2D eigenvalue weighted by atomic mass is 16.5. The van der Waals surface area contributed by atoms with Gasteiger partial charge in [0.2, 0.25) is 0 Å². The molecule has 0 amide bonds. The molecule has 2 rings (SSSR count). The van der Waals surface area contributed by atoms with Crippen LogP contribution >= 0.6 is 0 Å². The number of rotatable bonds is 5. The van der Waals surface area contributed by atoms with E-state index in [1.165, 1.54) is 17.5 Å². The summed E-state index contributed by atoms with van der Waals surface area (Å²) >= 11 is 0. The summed E-state index contributed by atoms with van der Waals surface area (Å²) in [6.45, 7) is 10.1. The maximum absolute atomic E-state index is 5.29. The summed E-state index contributed by atoms with van der Waals surface area (Å²) in [5, 5.41) is 3.65. The van der Waals surface area contributed by atoms with Crippen LogP contribution in [-0.4, -0.2) is 13.7 Å². The molecule has 100 valence electrons. The Morgan fingerprint density at radius 2 is 2.11 bits per heavy atom. The molecular weight excluding hydrogens is 222 g/mol. The maximum Gasteiger partial charge on any atom is 0.119 e. The Bertz CT molecular complexity index is 425. The molecule has 0 aliphatic heterocycles. The molecule has 0 heterocycles.